The van der Waals surface area contributed by atoms with E-state index < -0.39 is 0 Å². The molecule has 0 spiro atoms. The summed E-state index contributed by atoms with van der Waals surface area (Å²) in [5.41, 5.74) is 1.86. The number of carbonyl (C=O) groups excluding carboxylic acids is 1. The van der Waals surface area contributed by atoms with E-state index in [9.17, 15) is 9.18 Å². The number of nitrogens with zero attached hydrogens (tertiary/aromatic N) is 4. The van der Waals surface area contributed by atoms with Gasteiger partial charge in [-0.2, -0.15) is 5.21 Å². The lowest BCUT2D eigenvalue weighted by Gasteiger charge is -2.18. The lowest BCUT2D eigenvalue weighted by Crippen LogP contribution is -2.36. The van der Waals surface area contributed by atoms with Gasteiger partial charge in [0.1, 0.15) is 5.82 Å². The number of aromatic nitrogens is 4. The number of rotatable bonds is 4. The number of carbonyl (C=O) groups is 1. The van der Waals surface area contributed by atoms with Crippen LogP contribution in [0.1, 0.15) is 11.4 Å². The molecule has 0 saturated heterocycles. The summed E-state index contributed by atoms with van der Waals surface area (Å²) in [6.07, 6.45) is 0.755. The maximum Gasteiger partial charge on any atom is 0.239 e. The van der Waals surface area contributed by atoms with Crippen LogP contribution in [0.15, 0.2) is 18.2 Å². The summed E-state index contributed by atoms with van der Waals surface area (Å²) in [5, 5.41) is 15.9. The fraction of sp³-hybridized carbons (Fsp3) is 0.333. The van der Waals surface area contributed by atoms with Gasteiger partial charge in [0.05, 0.1) is 13.1 Å². The van der Waals surface area contributed by atoms with Crippen molar-refractivity contribution in [2.45, 2.75) is 13.0 Å². The van der Waals surface area contributed by atoms with Crippen molar-refractivity contribution < 1.29 is 9.18 Å². The van der Waals surface area contributed by atoms with Gasteiger partial charge >= 0.3 is 0 Å². The summed E-state index contributed by atoms with van der Waals surface area (Å²) in [5.74, 6) is 0.0568. The molecule has 1 amide bonds. The van der Waals surface area contributed by atoms with Gasteiger partial charge in [-0.3, -0.25) is 4.79 Å². The van der Waals surface area contributed by atoms with Crippen LogP contribution >= 0.6 is 0 Å². The minimum absolute atomic E-state index is 0.132. The van der Waals surface area contributed by atoms with E-state index in [1.54, 1.807) is 6.07 Å². The molecule has 1 aliphatic heterocycles. The maximum atomic E-state index is 13.1. The standard InChI is InChI=1S/C12H13FN6O/c13-9-1-2-10-8(5-9)3-4-19(10)7-12(20)14-6-11-15-17-18-16-11/h1-2,5H,3-4,6-7H2,(H,14,20)(H,15,16,17,18). The number of nitrogens with one attached hydrogen (secondary N) is 2. The Morgan fingerprint density at radius 1 is 1.50 bits per heavy atom. The van der Waals surface area contributed by atoms with E-state index in [2.05, 4.69) is 25.9 Å². The monoisotopic (exact) mass is 276 g/mol. The van der Waals surface area contributed by atoms with Crippen LogP contribution in [0, 0.1) is 5.82 Å². The molecule has 1 aromatic heterocycles. The summed E-state index contributed by atoms with van der Waals surface area (Å²) in [4.78, 5) is 13.8. The molecule has 1 aromatic carbocycles. The molecular formula is C12H13FN6O. The van der Waals surface area contributed by atoms with E-state index in [0.29, 0.717) is 12.4 Å². The Balaban J connectivity index is 1.58. The van der Waals surface area contributed by atoms with Crippen LogP contribution in [0.4, 0.5) is 10.1 Å². The van der Waals surface area contributed by atoms with Crippen molar-refractivity contribution in [3.63, 3.8) is 0 Å². The number of halogens is 1. The molecule has 0 saturated carbocycles. The molecule has 0 fully saturated rings. The molecule has 7 nitrogen and oxygen atoms in total. The molecule has 0 atom stereocenters. The molecule has 1 aliphatic rings. The summed E-state index contributed by atoms with van der Waals surface area (Å²) in [6.45, 7) is 1.18. The van der Waals surface area contributed by atoms with Crippen LogP contribution in [-0.4, -0.2) is 39.6 Å². The average Bonchev–Trinajstić information content (AvgIpc) is 3.06. The number of anilines is 1. The molecule has 0 unspecified atom stereocenters. The Morgan fingerprint density at radius 2 is 2.40 bits per heavy atom. The zero-order valence-corrected chi connectivity index (χ0v) is 10.6. The van der Waals surface area contributed by atoms with Crippen molar-refractivity contribution in [2.24, 2.45) is 0 Å². The minimum Gasteiger partial charge on any atom is -0.362 e. The van der Waals surface area contributed by atoms with E-state index in [1.807, 2.05) is 4.90 Å². The first kappa shape index (κ1) is 12.5. The molecule has 2 aromatic rings. The number of aromatic amines is 1. The third kappa shape index (κ3) is 2.58. The highest BCUT2D eigenvalue weighted by Gasteiger charge is 2.21. The highest BCUT2D eigenvalue weighted by Crippen LogP contribution is 2.27. The number of H-pyrrole nitrogens is 1. The number of hydrogen-bond donors (Lipinski definition) is 2. The van der Waals surface area contributed by atoms with Gasteiger partial charge in [-0.15, -0.1) is 10.2 Å². The van der Waals surface area contributed by atoms with Crippen LogP contribution in [-0.2, 0) is 17.8 Å². The molecule has 20 heavy (non-hydrogen) atoms. The van der Waals surface area contributed by atoms with Gasteiger partial charge in [-0.1, -0.05) is 5.21 Å². The molecular weight excluding hydrogens is 263 g/mol. The van der Waals surface area contributed by atoms with Crippen LogP contribution in [0.3, 0.4) is 0 Å². The van der Waals surface area contributed by atoms with Gasteiger partial charge in [0, 0.05) is 12.2 Å². The zero-order valence-electron chi connectivity index (χ0n) is 10.6. The number of benzene rings is 1. The minimum atomic E-state index is -0.243. The summed E-state index contributed by atoms with van der Waals surface area (Å²) in [6, 6.07) is 4.64. The molecule has 2 N–H and O–H groups in total. The Hall–Kier alpha value is -2.51. The third-order valence-electron chi connectivity index (χ3n) is 3.20. The molecule has 0 radical (unpaired) electrons. The van der Waals surface area contributed by atoms with E-state index in [4.69, 9.17) is 0 Å². The summed E-state index contributed by atoms with van der Waals surface area (Å²) in [7, 11) is 0. The Labute approximate surface area is 114 Å². The predicted octanol–water partition coefficient (Wildman–Crippen LogP) is 0.0177. The maximum absolute atomic E-state index is 13.1. The highest BCUT2D eigenvalue weighted by atomic mass is 19.1. The van der Waals surface area contributed by atoms with E-state index >= 15 is 0 Å². The van der Waals surface area contributed by atoms with Crippen LogP contribution in [0.5, 0.6) is 0 Å². The van der Waals surface area contributed by atoms with E-state index in [1.165, 1.54) is 12.1 Å². The van der Waals surface area contributed by atoms with Gasteiger partial charge in [0.15, 0.2) is 5.82 Å². The first-order chi connectivity index (χ1) is 9.72. The lowest BCUT2D eigenvalue weighted by molar-refractivity contribution is -0.119. The second-order valence-electron chi connectivity index (χ2n) is 4.55. The van der Waals surface area contributed by atoms with Crippen molar-refractivity contribution in [1.82, 2.24) is 25.9 Å². The molecule has 3 rings (SSSR count). The topological polar surface area (TPSA) is 86.8 Å². The van der Waals surface area contributed by atoms with Crippen LogP contribution < -0.4 is 10.2 Å². The SMILES string of the molecule is O=C(CN1CCc2cc(F)ccc21)NCc1nn[nH]n1. The average molecular weight is 276 g/mol. The summed E-state index contributed by atoms with van der Waals surface area (Å²) < 4.78 is 13.1. The molecule has 0 bridgehead atoms. The first-order valence-corrected chi connectivity index (χ1v) is 6.25. The van der Waals surface area contributed by atoms with Crippen LogP contribution in [0.25, 0.3) is 0 Å². The normalized spacial score (nSPS) is 13.3. The van der Waals surface area contributed by atoms with Gasteiger partial charge in [-0.25, -0.2) is 4.39 Å². The van der Waals surface area contributed by atoms with E-state index in [0.717, 1.165) is 17.7 Å². The van der Waals surface area contributed by atoms with E-state index in [-0.39, 0.29) is 24.8 Å². The second kappa shape index (κ2) is 5.24. The molecule has 104 valence electrons. The number of amides is 1. The van der Waals surface area contributed by atoms with Gasteiger partial charge in [0.2, 0.25) is 5.91 Å². The smallest absolute Gasteiger partial charge is 0.239 e. The predicted molar refractivity (Wildman–Crippen MR) is 68.3 cm³/mol. The Morgan fingerprint density at radius 3 is 3.20 bits per heavy atom. The third-order valence-corrected chi connectivity index (χ3v) is 3.20. The molecule has 2 heterocycles. The molecule has 8 heteroatoms. The van der Waals surface area contributed by atoms with Crippen molar-refractivity contribution in [2.75, 3.05) is 18.0 Å². The van der Waals surface area contributed by atoms with Crippen LogP contribution in [0.2, 0.25) is 0 Å². The number of hydrogen-bond acceptors (Lipinski definition) is 5. The van der Waals surface area contributed by atoms with Gasteiger partial charge in [-0.05, 0) is 30.2 Å². The fourth-order valence-electron chi connectivity index (χ4n) is 2.27. The zero-order chi connectivity index (χ0) is 13.9. The van der Waals surface area contributed by atoms with Gasteiger partial charge < -0.3 is 10.2 Å². The fourth-order valence-corrected chi connectivity index (χ4v) is 2.27. The van der Waals surface area contributed by atoms with Crippen molar-refractivity contribution in [3.05, 3.63) is 35.4 Å². The van der Waals surface area contributed by atoms with Crippen molar-refractivity contribution in [1.29, 1.82) is 0 Å². The van der Waals surface area contributed by atoms with Crippen molar-refractivity contribution in [3.8, 4) is 0 Å². The Kier molecular flexibility index (Phi) is 3.28. The largest absolute Gasteiger partial charge is 0.362 e. The Bertz CT molecular complexity index is 614. The quantitative estimate of drug-likeness (QED) is 0.822. The lowest BCUT2D eigenvalue weighted by atomic mass is 10.2. The summed E-state index contributed by atoms with van der Waals surface area (Å²) >= 11 is 0. The van der Waals surface area contributed by atoms with Crippen molar-refractivity contribution >= 4 is 11.6 Å². The first-order valence-electron chi connectivity index (χ1n) is 6.25. The highest BCUT2D eigenvalue weighted by molar-refractivity contribution is 5.82. The molecule has 0 aliphatic carbocycles. The van der Waals surface area contributed by atoms with Gasteiger partial charge in [0.25, 0.3) is 0 Å². The number of tetrazole rings is 1. The second-order valence-corrected chi connectivity index (χ2v) is 4.55. The number of fused-ring (bicyclic) bond motifs is 1.